The molecule has 0 spiro atoms. The Bertz CT molecular complexity index is 847. The molecule has 0 radical (unpaired) electrons. The van der Waals surface area contributed by atoms with Gasteiger partial charge in [-0.2, -0.15) is 0 Å². The van der Waals surface area contributed by atoms with Gasteiger partial charge in [0.2, 0.25) is 0 Å². The van der Waals surface area contributed by atoms with Crippen LogP contribution in [0.1, 0.15) is 30.7 Å². The van der Waals surface area contributed by atoms with Gasteiger partial charge in [0, 0.05) is 35.7 Å². The number of piperidine rings is 1. The van der Waals surface area contributed by atoms with Gasteiger partial charge in [0.15, 0.2) is 0 Å². The minimum absolute atomic E-state index is 0.572. The van der Waals surface area contributed by atoms with Crippen molar-refractivity contribution in [2.75, 3.05) is 18.0 Å². The van der Waals surface area contributed by atoms with E-state index in [0.29, 0.717) is 18.0 Å². The van der Waals surface area contributed by atoms with Crippen LogP contribution in [-0.2, 0) is 13.0 Å². The summed E-state index contributed by atoms with van der Waals surface area (Å²) in [6.07, 6.45) is 2.36. The van der Waals surface area contributed by atoms with E-state index in [-0.39, 0.29) is 0 Å². The zero-order valence-corrected chi connectivity index (χ0v) is 18.4. The van der Waals surface area contributed by atoms with Crippen LogP contribution >= 0.6 is 11.3 Å². The number of hydrogen-bond donors (Lipinski definition) is 0. The topological polar surface area (TPSA) is 6.48 Å². The molecule has 1 aliphatic heterocycles. The van der Waals surface area contributed by atoms with Gasteiger partial charge >= 0.3 is 0 Å². The predicted molar refractivity (Wildman–Crippen MR) is 126 cm³/mol. The van der Waals surface area contributed by atoms with Gasteiger partial charge in [0.25, 0.3) is 0 Å². The van der Waals surface area contributed by atoms with Gasteiger partial charge in [-0.05, 0) is 54.8 Å². The number of para-hydroxylation sites is 1. The first-order valence-corrected chi connectivity index (χ1v) is 11.7. The average molecular weight is 405 g/mol. The first-order chi connectivity index (χ1) is 14.2. The zero-order valence-electron chi connectivity index (χ0n) is 17.6. The third kappa shape index (κ3) is 5.09. The molecule has 0 bridgehead atoms. The van der Waals surface area contributed by atoms with Crippen molar-refractivity contribution in [1.82, 2.24) is 4.90 Å². The van der Waals surface area contributed by atoms with E-state index in [1.807, 2.05) is 11.3 Å². The molecule has 152 valence electrons. The molecule has 2 aromatic carbocycles. The lowest BCUT2D eigenvalue weighted by molar-refractivity contribution is 0.106. The lowest BCUT2D eigenvalue weighted by Gasteiger charge is -2.47. The van der Waals surface area contributed by atoms with E-state index in [9.17, 15) is 0 Å². The first kappa shape index (κ1) is 20.2. The van der Waals surface area contributed by atoms with E-state index < -0.39 is 0 Å². The molecule has 29 heavy (non-hydrogen) atoms. The number of thiophene rings is 1. The van der Waals surface area contributed by atoms with E-state index in [4.69, 9.17) is 0 Å². The molecule has 1 aliphatic rings. The van der Waals surface area contributed by atoms with Crippen molar-refractivity contribution in [3.8, 4) is 0 Å². The van der Waals surface area contributed by atoms with Crippen molar-refractivity contribution in [3.63, 3.8) is 0 Å². The Morgan fingerprint density at radius 3 is 2.34 bits per heavy atom. The van der Waals surface area contributed by atoms with E-state index in [2.05, 4.69) is 102 Å². The van der Waals surface area contributed by atoms with Gasteiger partial charge in [0.1, 0.15) is 0 Å². The maximum atomic E-state index is 2.70. The number of likely N-dealkylation sites (tertiary alicyclic amines) is 1. The summed E-state index contributed by atoms with van der Waals surface area (Å²) < 4.78 is 0. The van der Waals surface area contributed by atoms with Crippen LogP contribution in [0.3, 0.4) is 0 Å². The lowest BCUT2D eigenvalue weighted by Crippen LogP contribution is -2.54. The Balaban J connectivity index is 1.46. The minimum atomic E-state index is 0.572. The Kier molecular flexibility index (Phi) is 6.68. The van der Waals surface area contributed by atoms with E-state index in [1.165, 1.54) is 29.1 Å². The summed E-state index contributed by atoms with van der Waals surface area (Å²) in [6.45, 7) is 8.19. The fraction of sp³-hybridized carbons (Fsp3) is 0.385. The third-order valence-electron chi connectivity index (χ3n) is 6.31. The maximum Gasteiger partial charge on any atom is 0.0526 e. The second kappa shape index (κ2) is 9.60. The van der Waals surface area contributed by atoms with Crippen molar-refractivity contribution in [2.24, 2.45) is 5.92 Å². The fourth-order valence-electron chi connectivity index (χ4n) is 4.66. The van der Waals surface area contributed by atoms with Crippen LogP contribution in [0.4, 0.5) is 5.69 Å². The number of nitrogens with zero attached hydrogens (tertiary/aromatic N) is 2. The summed E-state index contributed by atoms with van der Waals surface area (Å²) in [5.41, 5.74) is 2.79. The van der Waals surface area contributed by atoms with Crippen molar-refractivity contribution >= 4 is 17.0 Å². The summed E-state index contributed by atoms with van der Waals surface area (Å²) >= 11 is 1.87. The van der Waals surface area contributed by atoms with Crippen LogP contribution in [0.25, 0.3) is 0 Å². The molecule has 0 N–H and O–H groups in total. The molecule has 3 heteroatoms. The summed E-state index contributed by atoms with van der Waals surface area (Å²) in [7, 11) is 0. The maximum absolute atomic E-state index is 2.70. The van der Waals surface area contributed by atoms with Crippen molar-refractivity contribution in [3.05, 3.63) is 88.6 Å². The molecule has 0 aliphatic carbocycles. The van der Waals surface area contributed by atoms with Gasteiger partial charge < -0.3 is 4.90 Å². The highest BCUT2D eigenvalue weighted by Gasteiger charge is 2.34. The zero-order chi connectivity index (χ0) is 20.1. The van der Waals surface area contributed by atoms with Gasteiger partial charge in [0.05, 0.1) is 6.54 Å². The molecule has 3 unspecified atom stereocenters. The highest BCUT2D eigenvalue weighted by Crippen LogP contribution is 2.32. The number of rotatable bonds is 7. The van der Waals surface area contributed by atoms with E-state index in [0.717, 1.165) is 19.5 Å². The second-order valence-corrected chi connectivity index (χ2v) is 9.43. The number of benzene rings is 2. The molecule has 0 saturated carbocycles. The highest BCUT2D eigenvalue weighted by molar-refractivity contribution is 7.09. The quantitative estimate of drug-likeness (QED) is 0.470. The summed E-state index contributed by atoms with van der Waals surface area (Å²) in [5, 5.41) is 2.19. The lowest BCUT2D eigenvalue weighted by atomic mass is 9.87. The Hall–Kier alpha value is -2.10. The van der Waals surface area contributed by atoms with Crippen LogP contribution in [0.15, 0.2) is 78.2 Å². The summed E-state index contributed by atoms with van der Waals surface area (Å²) in [5.74, 6) is 0.641. The average Bonchev–Trinajstić information content (AvgIpc) is 3.27. The molecule has 3 aromatic rings. The molecule has 2 heterocycles. The Labute approximate surface area is 179 Å². The SMILES string of the molecule is CC1CN(CCc2ccccc2)C(C)CC1N(Cc1cccs1)c1ccccc1. The summed E-state index contributed by atoms with van der Waals surface area (Å²) in [4.78, 5) is 6.80. The number of anilines is 1. The van der Waals surface area contributed by atoms with Crippen molar-refractivity contribution in [1.29, 1.82) is 0 Å². The Morgan fingerprint density at radius 2 is 1.66 bits per heavy atom. The van der Waals surface area contributed by atoms with Crippen LogP contribution in [-0.4, -0.2) is 30.1 Å². The minimum Gasteiger partial charge on any atom is -0.363 e. The predicted octanol–water partition coefficient (Wildman–Crippen LogP) is 6.10. The van der Waals surface area contributed by atoms with Crippen molar-refractivity contribution < 1.29 is 0 Å². The first-order valence-electron chi connectivity index (χ1n) is 10.8. The van der Waals surface area contributed by atoms with E-state index >= 15 is 0 Å². The fourth-order valence-corrected chi connectivity index (χ4v) is 5.36. The third-order valence-corrected chi connectivity index (χ3v) is 7.17. The largest absolute Gasteiger partial charge is 0.363 e. The molecular formula is C26H32N2S. The smallest absolute Gasteiger partial charge is 0.0526 e. The van der Waals surface area contributed by atoms with Gasteiger partial charge in [-0.25, -0.2) is 0 Å². The molecule has 3 atom stereocenters. The molecule has 0 amide bonds. The van der Waals surface area contributed by atoms with Gasteiger partial charge in [-0.3, -0.25) is 4.90 Å². The standard InChI is InChI=1S/C26H32N2S/c1-21-19-27(16-15-23-10-5-3-6-11-23)22(2)18-26(21)28(20-25-14-9-17-29-25)24-12-7-4-8-13-24/h3-14,17,21-22,26H,15-16,18-20H2,1-2H3. The van der Waals surface area contributed by atoms with Gasteiger partial charge in [-0.15, -0.1) is 11.3 Å². The van der Waals surface area contributed by atoms with E-state index in [1.54, 1.807) is 0 Å². The molecule has 4 rings (SSSR count). The second-order valence-electron chi connectivity index (χ2n) is 8.40. The highest BCUT2D eigenvalue weighted by atomic mass is 32.1. The van der Waals surface area contributed by atoms with Crippen LogP contribution in [0.5, 0.6) is 0 Å². The molecule has 1 fully saturated rings. The number of hydrogen-bond acceptors (Lipinski definition) is 3. The molecule has 1 saturated heterocycles. The normalized spacial score (nSPS) is 22.5. The van der Waals surface area contributed by atoms with Crippen molar-refractivity contribution in [2.45, 2.75) is 45.3 Å². The molecule has 2 nitrogen and oxygen atoms in total. The van der Waals surface area contributed by atoms with Crippen LogP contribution in [0, 0.1) is 5.92 Å². The van der Waals surface area contributed by atoms with Crippen LogP contribution in [0.2, 0.25) is 0 Å². The summed E-state index contributed by atoms with van der Waals surface area (Å²) in [6, 6.07) is 27.5. The molecule has 1 aromatic heterocycles. The Morgan fingerprint density at radius 1 is 0.931 bits per heavy atom. The van der Waals surface area contributed by atoms with Crippen LogP contribution < -0.4 is 4.90 Å². The monoisotopic (exact) mass is 404 g/mol. The van der Waals surface area contributed by atoms with Gasteiger partial charge in [-0.1, -0.05) is 61.5 Å². The molecular weight excluding hydrogens is 372 g/mol.